The summed E-state index contributed by atoms with van der Waals surface area (Å²) in [5.41, 5.74) is 10.5. The third-order valence-electron chi connectivity index (χ3n) is 9.79. The van der Waals surface area contributed by atoms with Crippen LogP contribution in [0.15, 0.2) is 158 Å². The third kappa shape index (κ3) is 4.74. The van der Waals surface area contributed by atoms with Crippen molar-refractivity contribution in [3.63, 3.8) is 0 Å². The van der Waals surface area contributed by atoms with E-state index in [1.54, 1.807) is 0 Å². The number of aromatic nitrogens is 1. The summed E-state index contributed by atoms with van der Waals surface area (Å²) in [6, 6.07) is 55.6. The number of hydrogen-bond donors (Lipinski definition) is 0. The number of para-hydroxylation sites is 1. The van der Waals surface area contributed by atoms with Crippen LogP contribution >= 0.6 is 0 Å². The SMILES string of the molecule is [C-]#[N+]c1cc(-c2cc([N+]#[C-])ccc2-n2c3ccccc3c3cc(C#N)ccc32)cc(-c2c3ccccc3c(-c3ccccc3)c3ccccc23)c1. The van der Waals surface area contributed by atoms with Crippen LogP contribution in [0.3, 0.4) is 0 Å². The normalized spacial score (nSPS) is 11.1. The zero-order valence-corrected chi connectivity index (χ0v) is 27.3. The lowest BCUT2D eigenvalue weighted by Gasteiger charge is -2.19. The number of rotatable bonds is 4. The van der Waals surface area contributed by atoms with Gasteiger partial charge in [-0.25, -0.2) is 9.69 Å². The minimum Gasteiger partial charge on any atom is -0.309 e. The Morgan fingerprint density at radius 2 is 1.02 bits per heavy atom. The second-order valence-electron chi connectivity index (χ2n) is 12.6. The average Bonchev–Trinajstić information content (AvgIpc) is 3.53. The summed E-state index contributed by atoms with van der Waals surface area (Å²) in [4.78, 5) is 7.79. The maximum absolute atomic E-state index is 9.71. The molecule has 51 heavy (non-hydrogen) atoms. The van der Waals surface area contributed by atoms with Crippen LogP contribution in [0.2, 0.25) is 0 Å². The molecular formula is C47H26N4. The highest BCUT2D eigenvalue weighted by Crippen LogP contribution is 2.46. The molecule has 0 aliphatic carbocycles. The minimum atomic E-state index is 0.513. The Morgan fingerprint density at radius 3 is 1.67 bits per heavy atom. The van der Waals surface area contributed by atoms with Crippen molar-refractivity contribution in [2.24, 2.45) is 0 Å². The van der Waals surface area contributed by atoms with Crippen LogP contribution in [0.1, 0.15) is 5.56 Å². The molecule has 0 radical (unpaired) electrons. The lowest BCUT2D eigenvalue weighted by molar-refractivity contribution is 1.18. The van der Waals surface area contributed by atoms with Crippen LogP contribution < -0.4 is 0 Å². The Kier molecular flexibility index (Phi) is 6.93. The molecular weight excluding hydrogens is 621 g/mol. The van der Waals surface area contributed by atoms with Crippen LogP contribution in [-0.2, 0) is 0 Å². The van der Waals surface area contributed by atoms with Gasteiger partial charge in [0.25, 0.3) is 0 Å². The van der Waals surface area contributed by atoms with Crippen LogP contribution in [0.25, 0.3) is 92.1 Å². The number of fused-ring (bicyclic) bond motifs is 5. The predicted octanol–water partition coefficient (Wildman–Crippen LogP) is 13.1. The molecule has 0 spiro atoms. The highest BCUT2D eigenvalue weighted by molar-refractivity contribution is 6.21. The standard InChI is InChI=1S/C47H26N4/c1-49-34-21-23-44(51-43-19-11-10-14-36(43)42-24-30(29-48)20-22-45(42)51)41(28-34)32-25-33(27-35(26-32)50-2)47-39-17-8-6-15-37(39)46(31-12-4-3-5-13-31)38-16-7-9-18-40(38)47/h3-28H. The molecule has 8 aromatic carbocycles. The van der Waals surface area contributed by atoms with Crippen molar-refractivity contribution in [1.82, 2.24) is 4.57 Å². The van der Waals surface area contributed by atoms with Crippen molar-refractivity contribution < 1.29 is 0 Å². The van der Waals surface area contributed by atoms with Gasteiger partial charge >= 0.3 is 0 Å². The zero-order valence-electron chi connectivity index (χ0n) is 27.3. The van der Waals surface area contributed by atoms with Crippen molar-refractivity contribution >= 4 is 54.7 Å². The van der Waals surface area contributed by atoms with Crippen molar-refractivity contribution in [1.29, 1.82) is 5.26 Å². The fourth-order valence-corrected chi connectivity index (χ4v) is 7.65. The van der Waals surface area contributed by atoms with Crippen molar-refractivity contribution in [3.05, 3.63) is 186 Å². The van der Waals surface area contributed by atoms with Gasteiger partial charge in [0.1, 0.15) is 0 Å². The summed E-state index contributed by atoms with van der Waals surface area (Å²) in [7, 11) is 0. The topological polar surface area (TPSA) is 37.4 Å². The van der Waals surface area contributed by atoms with Crippen LogP contribution in [0.5, 0.6) is 0 Å². The Balaban J connectivity index is 1.36. The Hall–Kier alpha value is -7.45. The molecule has 0 fully saturated rings. The highest BCUT2D eigenvalue weighted by atomic mass is 15.0. The molecule has 1 heterocycles. The molecule has 0 N–H and O–H groups in total. The van der Waals surface area contributed by atoms with Gasteiger partial charge in [0.15, 0.2) is 11.4 Å². The van der Waals surface area contributed by atoms with E-state index in [2.05, 4.69) is 111 Å². The van der Waals surface area contributed by atoms with E-state index >= 15 is 0 Å². The van der Waals surface area contributed by atoms with E-state index in [0.717, 1.165) is 76.9 Å². The molecule has 9 aromatic rings. The van der Waals surface area contributed by atoms with Gasteiger partial charge in [-0.1, -0.05) is 103 Å². The Morgan fingerprint density at radius 1 is 0.451 bits per heavy atom. The second-order valence-corrected chi connectivity index (χ2v) is 12.6. The molecule has 0 aliphatic heterocycles. The largest absolute Gasteiger partial charge is 0.309 e. The third-order valence-corrected chi connectivity index (χ3v) is 9.79. The first kappa shape index (κ1) is 29.7. The van der Waals surface area contributed by atoms with Gasteiger partial charge in [0, 0.05) is 10.8 Å². The molecule has 0 aliphatic rings. The maximum Gasteiger partial charge on any atom is 0.188 e. The van der Waals surface area contributed by atoms with Gasteiger partial charge in [0.05, 0.1) is 41.5 Å². The van der Waals surface area contributed by atoms with Gasteiger partial charge in [0.2, 0.25) is 0 Å². The molecule has 0 atom stereocenters. The minimum absolute atomic E-state index is 0.513. The highest BCUT2D eigenvalue weighted by Gasteiger charge is 2.20. The van der Waals surface area contributed by atoms with Gasteiger partial charge in [-0.2, -0.15) is 5.26 Å². The number of nitrogens with zero attached hydrogens (tertiary/aromatic N) is 4. The van der Waals surface area contributed by atoms with E-state index in [9.17, 15) is 5.26 Å². The van der Waals surface area contributed by atoms with Crippen molar-refractivity contribution in [2.45, 2.75) is 0 Å². The number of nitriles is 1. The summed E-state index contributed by atoms with van der Waals surface area (Å²) in [6.07, 6.45) is 0. The molecule has 0 saturated heterocycles. The smallest absolute Gasteiger partial charge is 0.188 e. The first-order valence-electron chi connectivity index (χ1n) is 16.6. The van der Waals surface area contributed by atoms with Crippen LogP contribution in [0.4, 0.5) is 11.4 Å². The van der Waals surface area contributed by atoms with Crippen LogP contribution in [-0.4, -0.2) is 4.57 Å². The fourth-order valence-electron chi connectivity index (χ4n) is 7.65. The van der Waals surface area contributed by atoms with E-state index in [4.69, 9.17) is 13.1 Å². The number of benzene rings is 8. The Bertz CT molecular complexity index is 2940. The molecule has 1 aromatic heterocycles. The van der Waals surface area contributed by atoms with E-state index in [0.29, 0.717) is 16.9 Å². The molecule has 234 valence electrons. The molecule has 4 heteroatoms. The summed E-state index contributed by atoms with van der Waals surface area (Å²) < 4.78 is 2.21. The average molecular weight is 647 g/mol. The number of hydrogen-bond acceptors (Lipinski definition) is 1. The van der Waals surface area contributed by atoms with Crippen molar-refractivity contribution in [2.75, 3.05) is 0 Å². The zero-order chi connectivity index (χ0) is 34.5. The van der Waals surface area contributed by atoms with Gasteiger partial charge in [-0.05, 0) is 110 Å². The first-order valence-corrected chi connectivity index (χ1v) is 16.6. The molecule has 0 amide bonds. The lowest BCUT2D eigenvalue weighted by atomic mass is 9.85. The van der Waals surface area contributed by atoms with E-state index < -0.39 is 0 Å². The molecule has 4 nitrogen and oxygen atoms in total. The van der Waals surface area contributed by atoms with E-state index in [1.807, 2.05) is 66.7 Å². The fraction of sp³-hybridized carbons (Fsp3) is 0. The Labute approximate surface area is 294 Å². The van der Waals surface area contributed by atoms with Crippen molar-refractivity contribution in [3.8, 4) is 45.1 Å². The van der Waals surface area contributed by atoms with Gasteiger partial charge in [-0.3, -0.25) is 0 Å². The molecule has 0 unspecified atom stereocenters. The molecule has 9 rings (SSSR count). The molecule has 0 bridgehead atoms. The molecule has 0 saturated carbocycles. The summed E-state index contributed by atoms with van der Waals surface area (Å²) in [6.45, 7) is 16.1. The predicted molar refractivity (Wildman–Crippen MR) is 209 cm³/mol. The van der Waals surface area contributed by atoms with Gasteiger partial charge < -0.3 is 4.57 Å². The first-order chi connectivity index (χ1) is 25.2. The quantitative estimate of drug-likeness (QED) is 0.138. The monoisotopic (exact) mass is 646 g/mol. The maximum atomic E-state index is 9.71. The van der Waals surface area contributed by atoms with E-state index in [-0.39, 0.29) is 0 Å². The summed E-state index contributed by atoms with van der Waals surface area (Å²) >= 11 is 0. The second kappa shape index (κ2) is 11.9. The lowest BCUT2D eigenvalue weighted by Crippen LogP contribution is -1.97. The van der Waals surface area contributed by atoms with E-state index in [1.165, 1.54) is 5.56 Å². The van der Waals surface area contributed by atoms with Gasteiger partial charge in [-0.15, -0.1) is 0 Å². The van der Waals surface area contributed by atoms with Crippen LogP contribution in [0, 0.1) is 24.5 Å². The summed E-state index contributed by atoms with van der Waals surface area (Å²) in [5.74, 6) is 0. The summed E-state index contributed by atoms with van der Waals surface area (Å²) in [5, 5.41) is 16.2.